The predicted molar refractivity (Wildman–Crippen MR) is 97.4 cm³/mol. The normalized spacial score (nSPS) is 17.0. The van der Waals surface area contributed by atoms with E-state index >= 15 is 0 Å². The zero-order chi connectivity index (χ0) is 17.6. The fraction of sp³-hybridized carbons (Fsp3) is 0.474. The van der Waals surface area contributed by atoms with Crippen molar-refractivity contribution in [2.45, 2.75) is 26.4 Å². The van der Waals surface area contributed by atoms with E-state index in [1.54, 1.807) is 0 Å². The molecular formula is C19H26N4O2. The first-order chi connectivity index (χ1) is 12.2. The second-order valence-corrected chi connectivity index (χ2v) is 6.55. The van der Waals surface area contributed by atoms with Crippen LogP contribution in [0.15, 0.2) is 36.7 Å². The summed E-state index contributed by atoms with van der Waals surface area (Å²) < 4.78 is 7.30. The smallest absolute Gasteiger partial charge is 0.321 e. The van der Waals surface area contributed by atoms with Crippen LogP contribution in [0.3, 0.4) is 0 Å². The Balaban J connectivity index is 1.55. The molecule has 1 N–H and O–H groups in total. The molecular weight excluding hydrogens is 316 g/mol. The molecule has 6 heteroatoms. The number of amides is 2. The first-order valence-corrected chi connectivity index (χ1v) is 8.84. The third kappa shape index (κ3) is 4.60. The van der Waals surface area contributed by atoms with Crippen molar-refractivity contribution in [1.82, 2.24) is 14.7 Å². The summed E-state index contributed by atoms with van der Waals surface area (Å²) in [6.45, 7) is 4.72. The number of carbonyl (C=O) groups is 1. The molecule has 3 rings (SSSR count). The van der Waals surface area contributed by atoms with Crippen LogP contribution < -0.4 is 5.32 Å². The van der Waals surface area contributed by atoms with Crippen molar-refractivity contribution in [1.29, 1.82) is 0 Å². The lowest BCUT2D eigenvalue weighted by Crippen LogP contribution is -2.33. The molecule has 2 heterocycles. The van der Waals surface area contributed by atoms with Crippen LogP contribution in [-0.2, 0) is 24.8 Å². The highest BCUT2D eigenvalue weighted by atomic mass is 16.5. The number of nitrogens with one attached hydrogen (secondary N) is 1. The van der Waals surface area contributed by atoms with Gasteiger partial charge in [0.15, 0.2) is 0 Å². The monoisotopic (exact) mass is 342 g/mol. The molecule has 134 valence electrons. The molecule has 0 unspecified atom stereocenters. The van der Waals surface area contributed by atoms with Gasteiger partial charge in [-0.25, -0.2) is 4.79 Å². The van der Waals surface area contributed by atoms with Gasteiger partial charge in [-0.05, 0) is 37.3 Å². The van der Waals surface area contributed by atoms with E-state index in [4.69, 9.17) is 4.74 Å². The van der Waals surface area contributed by atoms with E-state index in [0.717, 1.165) is 37.2 Å². The molecule has 6 nitrogen and oxygen atoms in total. The summed E-state index contributed by atoms with van der Waals surface area (Å²) in [5, 5.41) is 7.26. The van der Waals surface area contributed by atoms with E-state index in [1.165, 1.54) is 5.56 Å². The van der Waals surface area contributed by atoms with E-state index in [0.29, 0.717) is 19.1 Å². The highest BCUT2D eigenvalue weighted by molar-refractivity contribution is 5.90. The van der Waals surface area contributed by atoms with Crippen LogP contribution in [0.25, 0.3) is 0 Å². The summed E-state index contributed by atoms with van der Waals surface area (Å²) in [6, 6.07) is 7.78. The quantitative estimate of drug-likeness (QED) is 0.878. The molecule has 1 aliphatic rings. The average Bonchev–Trinajstić information content (AvgIpc) is 3.23. The zero-order valence-electron chi connectivity index (χ0n) is 14.9. The third-order valence-corrected chi connectivity index (χ3v) is 4.58. The molecule has 0 spiro atoms. The molecule has 1 atom stereocenters. The molecule has 2 aromatic rings. The zero-order valence-corrected chi connectivity index (χ0v) is 14.9. The van der Waals surface area contributed by atoms with Gasteiger partial charge in [0.25, 0.3) is 0 Å². The maximum absolute atomic E-state index is 12.6. The van der Waals surface area contributed by atoms with E-state index < -0.39 is 0 Å². The Labute approximate surface area is 148 Å². The van der Waals surface area contributed by atoms with Gasteiger partial charge < -0.3 is 15.0 Å². The minimum atomic E-state index is -0.0300. The van der Waals surface area contributed by atoms with Crippen LogP contribution in [0.1, 0.15) is 24.5 Å². The van der Waals surface area contributed by atoms with Crippen LogP contribution in [0.2, 0.25) is 0 Å². The lowest BCUT2D eigenvalue weighted by Gasteiger charge is -2.19. The number of aryl methyl sites for hydroxylation is 1. The van der Waals surface area contributed by atoms with Gasteiger partial charge in [0.1, 0.15) is 0 Å². The number of anilines is 1. The summed E-state index contributed by atoms with van der Waals surface area (Å²) in [5.74, 6) is 0.494. The summed E-state index contributed by atoms with van der Waals surface area (Å²) in [6.07, 6.45) is 5.96. The van der Waals surface area contributed by atoms with Crippen LogP contribution in [0.5, 0.6) is 0 Å². The van der Waals surface area contributed by atoms with Gasteiger partial charge in [0.05, 0.1) is 12.8 Å². The lowest BCUT2D eigenvalue weighted by molar-refractivity contribution is 0.134. The van der Waals surface area contributed by atoms with Crippen LogP contribution >= 0.6 is 0 Å². The Hall–Kier alpha value is -2.34. The minimum Gasteiger partial charge on any atom is -0.377 e. The third-order valence-electron chi connectivity index (χ3n) is 4.58. The Morgan fingerprint density at radius 3 is 3.00 bits per heavy atom. The highest BCUT2D eigenvalue weighted by Crippen LogP contribution is 2.22. The van der Waals surface area contributed by atoms with Crippen molar-refractivity contribution in [2.24, 2.45) is 13.0 Å². The van der Waals surface area contributed by atoms with Crippen molar-refractivity contribution in [3.8, 4) is 0 Å². The maximum Gasteiger partial charge on any atom is 0.321 e. The standard InChI is InChI=1S/C19H26N4O2/c1-3-25-14-17-6-4-5-7-18(17)21-19(24)23-9-8-15(13-23)10-16-11-20-22(2)12-16/h4-7,11-12,15H,3,8-10,13-14H2,1-2H3,(H,21,24)/t15-/m1/s1. The summed E-state index contributed by atoms with van der Waals surface area (Å²) in [4.78, 5) is 14.5. The number of hydrogen-bond donors (Lipinski definition) is 1. The molecule has 0 bridgehead atoms. The van der Waals surface area contributed by atoms with Gasteiger partial charge in [-0.2, -0.15) is 5.10 Å². The number of hydrogen-bond acceptors (Lipinski definition) is 3. The molecule has 0 aliphatic carbocycles. The number of rotatable bonds is 6. The fourth-order valence-electron chi connectivity index (χ4n) is 3.27. The first kappa shape index (κ1) is 17.5. The van der Waals surface area contributed by atoms with Crippen molar-refractivity contribution in [2.75, 3.05) is 25.0 Å². The largest absolute Gasteiger partial charge is 0.377 e. The number of ether oxygens (including phenoxy) is 1. The van der Waals surface area contributed by atoms with E-state index in [2.05, 4.69) is 10.4 Å². The molecule has 1 fully saturated rings. The molecule has 0 radical (unpaired) electrons. The Bertz CT molecular complexity index is 713. The minimum absolute atomic E-state index is 0.0300. The summed E-state index contributed by atoms with van der Waals surface area (Å²) in [7, 11) is 1.93. The van der Waals surface area contributed by atoms with Crippen LogP contribution in [-0.4, -0.2) is 40.4 Å². The van der Waals surface area contributed by atoms with Crippen molar-refractivity contribution < 1.29 is 9.53 Å². The SMILES string of the molecule is CCOCc1ccccc1NC(=O)N1CC[C@H](Cc2cnn(C)c2)C1. The number of carbonyl (C=O) groups excluding carboxylic acids is 1. The van der Waals surface area contributed by atoms with E-state index in [9.17, 15) is 4.79 Å². The second kappa shape index (κ2) is 8.16. The molecule has 2 amide bonds. The molecule has 1 aliphatic heterocycles. The van der Waals surface area contributed by atoms with Crippen molar-refractivity contribution in [3.05, 3.63) is 47.8 Å². The fourth-order valence-corrected chi connectivity index (χ4v) is 3.27. The second-order valence-electron chi connectivity index (χ2n) is 6.55. The van der Waals surface area contributed by atoms with E-state index in [1.807, 2.05) is 60.2 Å². The summed E-state index contributed by atoms with van der Waals surface area (Å²) in [5.41, 5.74) is 3.07. The number of para-hydroxylation sites is 1. The molecule has 0 saturated carbocycles. The molecule has 25 heavy (non-hydrogen) atoms. The van der Waals surface area contributed by atoms with Crippen LogP contribution in [0, 0.1) is 5.92 Å². The van der Waals surface area contributed by atoms with Gasteiger partial charge in [0, 0.05) is 44.2 Å². The van der Waals surface area contributed by atoms with Gasteiger partial charge in [-0.1, -0.05) is 18.2 Å². The van der Waals surface area contributed by atoms with Crippen molar-refractivity contribution in [3.63, 3.8) is 0 Å². The number of likely N-dealkylation sites (tertiary alicyclic amines) is 1. The number of nitrogens with zero attached hydrogens (tertiary/aromatic N) is 3. The topological polar surface area (TPSA) is 59.4 Å². The van der Waals surface area contributed by atoms with Crippen LogP contribution in [0.4, 0.5) is 10.5 Å². The van der Waals surface area contributed by atoms with E-state index in [-0.39, 0.29) is 6.03 Å². The Morgan fingerprint density at radius 1 is 1.40 bits per heavy atom. The Morgan fingerprint density at radius 2 is 2.24 bits per heavy atom. The predicted octanol–water partition coefficient (Wildman–Crippen LogP) is 3.05. The maximum atomic E-state index is 12.6. The highest BCUT2D eigenvalue weighted by Gasteiger charge is 2.27. The number of benzene rings is 1. The molecule has 1 aromatic heterocycles. The van der Waals surface area contributed by atoms with Gasteiger partial charge in [0.2, 0.25) is 0 Å². The lowest BCUT2D eigenvalue weighted by atomic mass is 10.0. The number of urea groups is 1. The first-order valence-electron chi connectivity index (χ1n) is 8.84. The number of aromatic nitrogens is 2. The summed E-state index contributed by atoms with van der Waals surface area (Å²) >= 11 is 0. The average molecular weight is 342 g/mol. The molecule has 1 aromatic carbocycles. The van der Waals surface area contributed by atoms with Gasteiger partial charge in [-0.3, -0.25) is 4.68 Å². The van der Waals surface area contributed by atoms with Gasteiger partial charge in [-0.15, -0.1) is 0 Å². The van der Waals surface area contributed by atoms with Gasteiger partial charge >= 0.3 is 6.03 Å². The Kier molecular flexibility index (Phi) is 5.71. The molecule has 1 saturated heterocycles. The van der Waals surface area contributed by atoms with Crippen molar-refractivity contribution >= 4 is 11.7 Å².